The van der Waals surface area contributed by atoms with Crippen LogP contribution in [0.1, 0.15) is 31.0 Å². The second-order valence-electron chi connectivity index (χ2n) is 6.93. The van der Waals surface area contributed by atoms with Gasteiger partial charge in [0.2, 0.25) is 0 Å². The van der Waals surface area contributed by atoms with Gasteiger partial charge < -0.3 is 4.42 Å². The number of aromatic nitrogens is 2. The van der Waals surface area contributed by atoms with E-state index in [9.17, 15) is 4.39 Å². The van der Waals surface area contributed by atoms with E-state index >= 15 is 0 Å². The van der Waals surface area contributed by atoms with Crippen LogP contribution in [0, 0.1) is 5.82 Å². The van der Waals surface area contributed by atoms with Crippen LogP contribution in [0.5, 0.6) is 0 Å². The fraction of sp³-hybridized carbons (Fsp3) is 0.208. The Kier molecular flexibility index (Phi) is 5.58. The number of hydrogen-bond acceptors (Lipinski definition) is 3. The molecule has 1 unspecified atom stereocenters. The van der Waals surface area contributed by atoms with Crippen LogP contribution in [0.15, 0.2) is 77.5 Å². The van der Waals surface area contributed by atoms with Crippen LogP contribution >= 0.6 is 0 Å². The number of aromatic amines is 1. The van der Waals surface area contributed by atoms with Gasteiger partial charge in [-0.05, 0) is 54.0 Å². The zero-order valence-electron chi connectivity index (χ0n) is 16.6. The van der Waals surface area contributed by atoms with Gasteiger partial charge in [-0.25, -0.2) is 4.39 Å². The van der Waals surface area contributed by atoms with Crippen molar-refractivity contribution in [1.29, 1.82) is 0 Å². The minimum absolute atomic E-state index is 0.0473. The van der Waals surface area contributed by atoms with E-state index in [1.54, 1.807) is 18.4 Å². The molecule has 2 aromatic heterocycles. The second kappa shape index (κ2) is 8.45. The maximum Gasteiger partial charge on any atom is 0.151 e. The van der Waals surface area contributed by atoms with Crippen molar-refractivity contribution in [2.24, 2.45) is 0 Å². The number of benzene rings is 2. The highest BCUT2D eigenvalue weighted by atomic mass is 19.1. The molecule has 0 fully saturated rings. The fourth-order valence-electron chi connectivity index (χ4n) is 3.80. The second-order valence-corrected chi connectivity index (χ2v) is 6.93. The lowest BCUT2D eigenvalue weighted by Crippen LogP contribution is -2.29. The molecule has 0 spiro atoms. The van der Waals surface area contributed by atoms with E-state index in [4.69, 9.17) is 4.42 Å². The van der Waals surface area contributed by atoms with Crippen LogP contribution in [0.4, 0.5) is 4.39 Å². The van der Waals surface area contributed by atoms with Gasteiger partial charge in [-0.3, -0.25) is 10.00 Å². The summed E-state index contributed by atoms with van der Waals surface area (Å²) in [5, 5.41) is 7.40. The third-order valence-corrected chi connectivity index (χ3v) is 5.31. The van der Waals surface area contributed by atoms with Crippen molar-refractivity contribution in [1.82, 2.24) is 15.1 Å². The van der Waals surface area contributed by atoms with Gasteiger partial charge in [-0.15, -0.1) is 0 Å². The Balaban J connectivity index is 1.73. The molecular weight excluding hydrogens is 365 g/mol. The van der Waals surface area contributed by atoms with Crippen LogP contribution in [-0.2, 0) is 0 Å². The van der Waals surface area contributed by atoms with Crippen molar-refractivity contribution < 1.29 is 8.81 Å². The van der Waals surface area contributed by atoms with Crippen LogP contribution in [0.2, 0.25) is 0 Å². The Morgan fingerprint density at radius 2 is 1.62 bits per heavy atom. The van der Waals surface area contributed by atoms with Gasteiger partial charge in [-0.2, -0.15) is 5.10 Å². The van der Waals surface area contributed by atoms with Crippen molar-refractivity contribution in [2.45, 2.75) is 19.9 Å². The minimum Gasteiger partial charge on any atom is -0.463 e. The molecule has 29 heavy (non-hydrogen) atoms. The molecule has 148 valence electrons. The van der Waals surface area contributed by atoms with Gasteiger partial charge in [0.05, 0.1) is 18.5 Å². The van der Waals surface area contributed by atoms with E-state index in [1.165, 1.54) is 17.7 Å². The highest BCUT2D eigenvalue weighted by Crippen LogP contribution is 2.35. The Hall–Kier alpha value is -3.18. The molecule has 0 saturated heterocycles. The third-order valence-electron chi connectivity index (χ3n) is 5.31. The number of nitrogens with one attached hydrogen (secondary N) is 1. The highest BCUT2D eigenvalue weighted by molar-refractivity contribution is 5.64. The molecule has 2 aromatic carbocycles. The lowest BCUT2D eigenvalue weighted by molar-refractivity contribution is 0.251. The molecule has 0 bridgehead atoms. The summed E-state index contributed by atoms with van der Waals surface area (Å²) in [6.07, 6.45) is 3.55. The quantitative estimate of drug-likeness (QED) is 0.427. The number of hydrogen-bond donors (Lipinski definition) is 1. The van der Waals surface area contributed by atoms with E-state index in [0.717, 1.165) is 41.2 Å². The standard InChI is InChI=1S/C24H24FN3O/c1-3-28(4-2)24(21-16-26-27-23(21)22-6-5-15-29-22)19-9-7-17(8-10-19)18-11-13-20(25)14-12-18/h5-16,24H,3-4H2,1-2H3,(H,26,27). The minimum atomic E-state index is -0.225. The van der Waals surface area contributed by atoms with Gasteiger partial charge >= 0.3 is 0 Å². The van der Waals surface area contributed by atoms with Crippen LogP contribution in [0.25, 0.3) is 22.6 Å². The molecular formula is C24H24FN3O. The predicted octanol–water partition coefficient (Wildman–Crippen LogP) is 5.91. The number of furan rings is 1. The summed E-state index contributed by atoms with van der Waals surface area (Å²) in [6.45, 7) is 6.14. The van der Waals surface area contributed by atoms with Gasteiger partial charge in [0.15, 0.2) is 5.76 Å². The normalized spacial score (nSPS) is 12.4. The predicted molar refractivity (Wildman–Crippen MR) is 113 cm³/mol. The van der Waals surface area contributed by atoms with Crippen LogP contribution in [-0.4, -0.2) is 28.2 Å². The first-order valence-corrected chi connectivity index (χ1v) is 9.88. The fourth-order valence-corrected chi connectivity index (χ4v) is 3.80. The molecule has 4 nitrogen and oxygen atoms in total. The molecule has 1 N–H and O–H groups in total. The Bertz CT molecular complexity index is 1030. The molecule has 0 aliphatic carbocycles. The summed E-state index contributed by atoms with van der Waals surface area (Å²) >= 11 is 0. The smallest absolute Gasteiger partial charge is 0.151 e. The van der Waals surface area contributed by atoms with Crippen molar-refractivity contribution in [3.8, 4) is 22.6 Å². The van der Waals surface area contributed by atoms with Crippen molar-refractivity contribution in [2.75, 3.05) is 13.1 Å². The van der Waals surface area contributed by atoms with Crippen molar-refractivity contribution in [3.05, 3.63) is 90.1 Å². The van der Waals surface area contributed by atoms with E-state index in [2.05, 4.69) is 53.2 Å². The third kappa shape index (κ3) is 3.87. The molecule has 0 amide bonds. The maximum atomic E-state index is 13.2. The Morgan fingerprint density at radius 1 is 0.966 bits per heavy atom. The van der Waals surface area contributed by atoms with E-state index in [-0.39, 0.29) is 11.9 Å². The zero-order valence-corrected chi connectivity index (χ0v) is 16.6. The summed E-state index contributed by atoms with van der Waals surface area (Å²) in [6, 6.07) is 18.9. The number of rotatable bonds is 7. The Labute approximate surface area is 170 Å². The van der Waals surface area contributed by atoms with Gasteiger partial charge in [0, 0.05) is 5.56 Å². The highest BCUT2D eigenvalue weighted by Gasteiger charge is 2.25. The first-order valence-electron chi connectivity index (χ1n) is 9.88. The monoisotopic (exact) mass is 389 g/mol. The molecule has 0 aliphatic heterocycles. The molecule has 4 rings (SSSR count). The average Bonchev–Trinajstić information content (AvgIpc) is 3.44. The van der Waals surface area contributed by atoms with Crippen molar-refractivity contribution >= 4 is 0 Å². The first-order chi connectivity index (χ1) is 14.2. The SMILES string of the molecule is CCN(CC)C(c1ccc(-c2ccc(F)cc2)cc1)c1cn[nH]c1-c1ccco1. The molecule has 0 radical (unpaired) electrons. The molecule has 5 heteroatoms. The van der Waals surface area contributed by atoms with Gasteiger partial charge in [0.25, 0.3) is 0 Å². The maximum absolute atomic E-state index is 13.2. The Morgan fingerprint density at radius 3 is 2.21 bits per heavy atom. The van der Waals surface area contributed by atoms with Gasteiger partial charge in [0.1, 0.15) is 11.5 Å². The zero-order chi connectivity index (χ0) is 20.2. The summed E-state index contributed by atoms with van der Waals surface area (Å²) in [5.41, 5.74) is 5.21. The summed E-state index contributed by atoms with van der Waals surface area (Å²) < 4.78 is 18.8. The van der Waals surface area contributed by atoms with Crippen LogP contribution in [0.3, 0.4) is 0 Å². The number of halogens is 1. The van der Waals surface area contributed by atoms with Crippen LogP contribution < -0.4 is 0 Å². The summed E-state index contributed by atoms with van der Waals surface area (Å²) in [7, 11) is 0. The molecule has 2 heterocycles. The molecule has 0 saturated carbocycles. The molecule has 1 atom stereocenters. The molecule has 0 aliphatic rings. The summed E-state index contributed by atoms with van der Waals surface area (Å²) in [4.78, 5) is 2.39. The summed E-state index contributed by atoms with van der Waals surface area (Å²) in [5.74, 6) is 0.551. The van der Waals surface area contributed by atoms with E-state index in [1.807, 2.05) is 18.3 Å². The largest absolute Gasteiger partial charge is 0.463 e. The lowest BCUT2D eigenvalue weighted by atomic mass is 9.94. The van der Waals surface area contributed by atoms with Gasteiger partial charge in [-0.1, -0.05) is 50.2 Å². The van der Waals surface area contributed by atoms with E-state index in [0.29, 0.717) is 0 Å². The number of H-pyrrole nitrogens is 1. The molecule has 4 aromatic rings. The number of nitrogens with zero attached hydrogens (tertiary/aromatic N) is 2. The topological polar surface area (TPSA) is 45.1 Å². The average molecular weight is 389 g/mol. The lowest BCUT2D eigenvalue weighted by Gasteiger charge is -2.30. The first kappa shape index (κ1) is 19.2. The van der Waals surface area contributed by atoms with Crippen molar-refractivity contribution in [3.63, 3.8) is 0 Å². The van der Waals surface area contributed by atoms with E-state index < -0.39 is 0 Å².